The summed E-state index contributed by atoms with van der Waals surface area (Å²) in [4.78, 5) is 14.5. The molecule has 2 aromatic heterocycles. The number of rotatable bonds is 2. The molecule has 3 heterocycles. The molecule has 0 saturated carbocycles. The molecular weight excluding hydrogens is 304 g/mol. The highest BCUT2D eigenvalue weighted by Crippen LogP contribution is 2.16. The molecular formula is C17H18N6O. The van der Waals surface area contributed by atoms with Crippen molar-refractivity contribution in [2.75, 3.05) is 6.54 Å². The Hall–Kier alpha value is -2.96. The van der Waals surface area contributed by atoms with Gasteiger partial charge in [-0.25, -0.2) is 4.68 Å². The Bertz CT molecular complexity index is 892. The van der Waals surface area contributed by atoms with E-state index in [-0.39, 0.29) is 5.91 Å². The first-order valence-corrected chi connectivity index (χ1v) is 7.92. The summed E-state index contributed by atoms with van der Waals surface area (Å²) in [5.74, 6) is 1.76. The third-order valence-corrected chi connectivity index (χ3v) is 4.33. The lowest BCUT2D eigenvalue weighted by Gasteiger charge is -2.27. The van der Waals surface area contributed by atoms with Crippen LogP contribution in [0.2, 0.25) is 0 Å². The molecule has 0 radical (unpaired) electrons. The van der Waals surface area contributed by atoms with Crippen molar-refractivity contribution in [1.82, 2.24) is 29.4 Å². The van der Waals surface area contributed by atoms with Crippen LogP contribution in [0.1, 0.15) is 27.7 Å². The van der Waals surface area contributed by atoms with Gasteiger partial charge >= 0.3 is 0 Å². The molecule has 1 aliphatic heterocycles. The van der Waals surface area contributed by atoms with Gasteiger partial charge < -0.3 is 9.47 Å². The van der Waals surface area contributed by atoms with Gasteiger partial charge in [-0.2, -0.15) is 5.10 Å². The first-order valence-electron chi connectivity index (χ1n) is 7.92. The molecule has 0 unspecified atom stereocenters. The maximum absolute atomic E-state index is 12.7. The topological polar surface area (TPSA) is 68.8 Å². The largest absolute Gasteiger partial charge is 0.329 e. The SMILES string of the molecule is Cc1ccn(-c2ccc(C(=O)N3CCn4c(C)nnc4C3)cc2)n1. The Morgan fingerprint density at radius 3 is 2.54 bits per heavy atom. The molecule has 1 aromatic carbocycles. The summed E-state index contributed by atoms with van der Waals surface area (Å²) < 4.78 is 3.86. The molecule has 122 valence electrons. The molecule has 0 bridgehead atoms. The summed E-state index contributed by atoms with van der Waals surface area (Å²) in [6.07, 6.45) is 1.91. The van der Waals surface area contributed by atoms with Gasteiger partial charge in [-0.1, -0.05) is 0 Å². The smallest absolute Gasteiger partial charge is 0.254 e. The van der Waals surface area contributed by atoms with E-state index in [2.05, 4.69) is 19.9 Å². The predicted octanol–water partition coefficient (Wildman–Crippen LogP) is 1.74. The molecule has 0 N–H and O–H groups in total. The van der Waals surface area contributed by atoms with Crippen LogP contribution in [0.5, 0.6) is 0 Å². The maximum Gasteiger partial charge on any atom is 0.254 e. The van der Waals surface area contributed by atoms with Crippen molar-refractivity contribution in [2.45, 2.75) is 26.9 Å². The third kappa shape index (κ3) is 2.47. The molecule has 7 heteroatoms. The molecule has 3 aromatic rings. The number of benzene rings is 1. The van der Waals surface area contributed by atoms with Crippen LogP contribution >= 0.6 is 0 Å². The van der Waals surface area contributed by atoms with Gasteiger partial charge in [0.1, 0.15) is 5.82 Å². The minimum atomic E-state index is 0.0186. The second-order valence-corrected chi connectivity index (χ2v) is 5.99. The summed E-state index contributed by atoms with van der Waals surface area (Å²) in [7, 11) is 0. The first kappa shape index (κ1) is 14.6. The fourth-order valence-corrected chi connectivity index (χ4v) is 2.97. The number of carbonyl (C=O) groups is 1. The highest BCUT2D eigenvalue weighted by Gasteiger charge is 2.24. The fraction of sp³-hybridized carbons (Fsp3) is 0.294. The van der Waals surface area contributed by atoms with Gasteiger partial charge in [0.2, 0.25) is 0 Å². The average molecular weight is 322 g/mol. The van der Waals surface area contributed by atoms with Crippen molar-refractivity contribution in [1.29, 1.82) is 0 Å². The van der Waals surface area contributed by atoms with E-state index in [0.29, 0.717) is 18.7 Å². The fourth-order valence-electron chi connectivity index (χ4n) is 2.97. The number of fused-ring (bicyclic) bond motifs is 1. The third-order valence-electron chi connectivity index (χ3n) is 4.33. The van der Waals surface area contributed by atoms with E-state index in [1.807, 2.05) is 55.3 Å². The molecule has 0 aliphatic carbocycles. The standard InChI is InChI=1S/C17H18N6O/c1-12-7-8-23(20-12)15-5-3-14(4-6-15)17(24)21-9-10-22-13(2)18-19-16(22)11-21/h3-8H,9-11H2,1-2H3. The number of hydrogen-bond acceptors (Lipinski definition) is 4. The van der Waals surface area contributed by atoms with Crippen LogP contribution in [0, 0.1) is 13.8 Å². The zero-order valence-electron chi connectivity index (χ0n) is 13.7. The van der Waals surface area contributed by atoms with Gasteiger partial charge in [0.05, 0.1) is 17.9 Å². The number of aromatic nitrogens is 5. The zero-order chi connectivity index (χ0) is 16.7. The van der Waals surface area contributed by atoms with Crippen LogP contribution in [0.25, 0.3) is 5.69 Å². The van der Waals surface area contributed by atoms with E-state index in [4.69, 9.17) is 0 Å². The summed E-state index contributed by atoms with van der Waals surface area (Å²) in [5.41, 5.74) is 2.57. The number of hydrogen-bond donors (Lipinski definition) is 0. The van der Waals surface area contributed by atoms with E-state index in [1.54, 1.807) is 4.68 Å². The molecule has 4 rings (SSSR count). The van der Waals surface area contributed by atoms with Crippen LogP contribution in [-0.4, -0.2) is 41.9 Å². The lowest BCUT2D eigenvalue weighted by atomic mass is 10.1. The van der Waals surface area contributed by atoms with Crippen molar-refractivity contribution >= 4 is 5.91 Å². The molecule has 7 nitrogen and oxygen atoms in total. The highest BCUT2D eigenvalue weighted by molar-refractivity contribution is 5.94. The van der Waals surface area contributed by atoms with E-state index in [0.717, 1.165) is 29.6 Å². The molecule has 0 fully saturated rings. The molecule has 24 heavy (non-hydrogen) atoms. The monoisotopic (exact) mass is 322 g/mol. The maximum atomic E-state index is 12.7. The number of aryl methyl sites for hydroxylation is 2. The second kappa shape index (κ2) is 5.59. The summed E-state index contributed by atoms with van der Waals surface area (Å²) in [5, 5.41) is 12.6. The summed E-state index contributed by atoms with van der Waals surface area (Å²) in [6, 6.07) is 9.47. The molecule has 1 aliphatic rings. The van der Waals surface area contributed by atoms with Gasteiger partial charge in [0.25, 0.3) is 5.91 Å². The summed E-state index contributed by atoms with van der Waals surface area (Å²) in [6.45, 7) is 5.80. The van der Waals surface area contributed by atoms with Gasteiger partial charge in [-0.05, 0) is 44.2 Å². The highest BCUT2D eigenvalue weighted by atomic mass is 16.2. The van der Waals surface area contributed by atoms with Gasteiger partial charge in [-0.15, -0.1) is 10.2 Å². The second-order valence-electron chi connectivity index (χ2n) is 5.99. The Morgan fingerprint density at radius 2 is 1.83 bits per heavy atom. The van der Waals surface area contributed by atoms with Gasteiger partial charge in [0, 0.05) is 24.8 Å². The normalized spacial score (nSPS) is 13.8. The Morgan fingerprint density at radius 1 is 1.04 bits per heavy atom. The van der Waals surface area contributed by atoms with Gasteiger partial charge in [-0.3, -0.25) is 4.79 Å². The number of amides is 1. The number of carbonyl (C=O) groups excluding carboxylic acids is 1. The van der Waals surface area contributed by atoms with Crippen LogP contribution in [-0.2, 0) is 13.1 Å². The van der Waals surface area contributed by atoms with Crippen LogP contribution < -0.4 is 0 Å². The van der Waals surface area contributed by atoms with Crippen LogP contribution in [0.3, 0.4) is 0 Å². The molecule has 1 amide bonds. The number of nitrogens with zero attached hydrogens (tertiary/aromatic N) is 6. The van der Waals surface area contributed by atoms with E-state index < -0.39 is 0 Å². The van der Waals surface area contributed by atoms with Crippen LogP contribution in [0.15, 0.2) is 36.5 Å². The lowest BCUT2D eigenvalue weighted by molar-refractivity contribution is 0.0706. The minimum absolute atomic E-state index is 0.0186. The van der Waals surface area contributed by atoms with Gasteiger partial charge in [0.15, 0.2) is 5.82 Å². The molecule has 0 saturated heterocycles. The molecule has 0 spiro atoms. The molecule has 0 atom stereocenters. The average Bonchev–Trinajstić information content (AvgIpc) is 3.20. The van der Waals surface area contributed by atoms with E-state index in [9.17, 15) is 4.79 Å². The van der Waals surface area contributed by atoms with Crippen molar-refractivity contribution in [3.63, 3.8) is 0 Å². The lowest BCUT2D eigenvalue weighted by Crippen LogP contribution is -2.38. The van der Waals surface area contributed by atoms with Crippen molar-refractivity contribution in [3.8, 4) is 5.69 Å². The Kier molecular flexibility index (Phi) is 3.41. The first-order chi connectivity index (χ1) is 11.6. The van der Waals surface area contributed by atoms with Crippen molar-refractivity contribution in [3.05, 3.63) is 59.4 Å². The zero-order valence-corrected chi connectivity index (χ0v) is 13.7. The van der Waals surface area contributed by atoms with E-state index >= 15 is 0 Å². The van der Waals surface area contributed by atoms with Crippen LogP contribution in [0.4, 0.5) is 0 Å². The Balaban J connectivity index is 1.53. The quantitative estimate of drug-likeness (QED) is 0.720. The Labute approximate surface area is 139 Å². The predicted molar refractivity (Wildman–Crippen MR) is 87.8 cm³/mol. The van der Waals surface area contributed by atoms with Crippen molar-refractivity contribution in [2.24, 2.45) is 0 Å². The van der Waals surface area contributed by atoms with Crippen molar-refractivity contribution < 1.29 is 4.79 Å². The minimum Gasteiger partial charge on any atom is -0.329 e. The summed E-state index contributed by atoms with van der Waals surface area (Å²) >= 11 is 0. The van der Waals surface area contributed by atoms with E-state index in [1.165, 1.54) is 0 Å².